The second kappa shape index (κ2) is 7.23. The summed E-state index contributed by atoms with van der Waals surface area (Å²) >= 11 is 0. The lowest BCUT2D eigenvalue weighted by atomic mass is 9.35. The Kier molecular flexibility index (Phi) is 5.12. The SMILES string of the molecule is COC1=C[C@]2(C)[C@H]3C(=O)C=C4C5=C[C@@](C)(C(=O)O)CC[C@]5(C)CC[C@@]4(C)[C@]3(C)CC[C@H]2C(C)(C)C1=O. The molecule has 5 heteroatoms. The van der Waals surface area contributed by atoms with Gasteiger partial charge in [0.15, 0.2) is 11.5 Å². The van der Waals surface area contributed by atoms with Crippen LogP contribution in [0, 0.1) is 44.3 Å². The van der Waals surface area contributed by atoms with Crippen molar-refractivity contribution in [1.29, 1.82) is 0 Å². The van der Waals surface area contributed by atoms with E-state index in [1.165, 1.54) is 0 Å². The Hall–Kier alpha value is -2.17. The molecule has 7 atom stereocenters. The molecule has 0 bridgehead atoms. The van der Waals surface area contributed by atoms with Crippen LogP contribution < -0.4 is 0 Å². The quantitative estimate of drug-likeness (QED) is 0.488. The molecule has 2 saturated carbocycles. The molecule has 0 aliphatic heterocycles. The van der Waals surface area contributed by atoms with Gasteiger partial charge in [-0.2, -0.15) is 0 Å². The fourth-order valence-corrected chi connectivity index (χ4v) is 9.38. The first kappa shape index (κ1) is 25.5. The molecule has 0 amide bonds. The van der Waals surface area contributed by atoms with Gasteiger partial charge in [0.25, 0.3) is 0 Å². The van der Waals surface area contributed by atoms with Crippen molar-refractivity contribution in [2.24, 2.45) is 44.3 Å². The summed E-state index contributed by atoms with van der Waals surface area (Å²) < 4.78 is 5.58. The number of aliphatic carboxylic acids is 1. The topological polar surface area (TPSA) is 80.7 Å². The van der Waals surface area contributed by atoms with Crippen LogP contribution in [0.2, 0.25) is 0 Å². The first-order valence-electron chi connectivity index (χ1n) is 13.5. The van der Waals surface area contributed by atoms with Crippen molar-refractivity contribution in [1.82, 2.24) is 0 Å². The number of carboxylic acid groups (broad SMARTS) is 1. The van der Waals surface area contributed by atoms with Crippen LogP contribution in [-0.2, 0) is 19.1 Å². The van der Waals surface area contributed by atoms with Gasteiger partial charge in [-0.15, -0.1) is 0 Å². The van der Waals surface area contributed by atoms with E-state index in [-0.39, 0.29) is 39.6 Å². The van der Waals surface area contributed by atoms with Crippen LogP contribution in [0.4, 0.5) is 0 Å². The molecule has 0 aromatic carbocycles. The van der Waals surface area contributed by atoms with Gasteiger partial charge < -0.3 is 9.84 Å². The molecule has 5 aliphatic carbocycles. The summed E-state index contributed by atoms with van der Waals surface area (Å²) in [5.41, 5.74) is -0.554. The number of methoxy groups -OCH3 is 1. The minimum Gasteiger partial charge on any atom is -0.493 e. The van der Waals surface area contributed by atoms with Crippen LogP contribution in [0.5, 0.6) is 0 Å². The predicted molar refractivity (Wildman–Crippen MR) is 138 cm³/mol. The molecule has 0 radical (unpaired) electrons. The number of rotatable bonds is 2. The third kappa shape index (κ3) is 2.86. The minimum atomic E-state index is -0.914. The number of ketones is 2. The number of ether oxygens (including phenoxy) is 1. The lowest BCUT2D eigenvalue weighted by Crippen LogP contribution is -2.64. The Balaban J connectivity index is 1.72. The van der Waals surface area contributed by atoms with E-state index in [1.54, 1.807) is 7.11 Å². The molecule has 0 heterocycles. The van der Waals surface area contributed by atoms with Crippen LogP contribution in [0.1, 0.15) is 87.0 Å². The maximum Gasteiger partial charge on any atom is 0.313 e. The summed E-state index contributed by atoms with van der Waals surface area (Å²) in [5.74, 6) is -0.503. The third-order valence-corrected chi connectivity index (χ3v) is 12.0. The van der Waals surface area contributed by atoms with E-state index >= 15 is 0 Å². The van der Waals surface area contributed by atoms with E-state index in [0.717, 1.165) is 43.3 Å². The Bertz CT molecular complexity index is 1170. The van der Waals surface area contributed by atoms with Gasteiger partial charge in [0.1, 0.15) is 0 Å². The Morgan fingerprint density at radius 3 is 2.17 bits per heavy atom. The van der Waals surface area contributed by atoms with E-state index in [0.29, 0.717) is 12.2 Å². The van der Waals surface area contributed by atoms with Crippen molar-refractivity contribution in [3.05, 3.63) is 35.1 Å². The summed E-state index contributed by atoms with van der Waals surface area (Å²) in [6.45, 7) is 14.9. The average Bonchev–Trinajstić information content (AvgIpc) is 2.78. The van der Waals surface area contributed by atoms with Gasteiger partial charge in [0.2, 0.25) is 5.78 Å². The summed E-state index contributed by atoms with van der Waals surface area (Å²) in [4.78, 5) is 39.7. The molecule has 2 fully saturated rings. The van der Waals surface area contributed by atoms with E-state index in [4.69, 9.17) is 4.74 Å². The summed E-state index contributed by atoms with van der Waals surface area (Å²) in [6, 6.07) is 0. The highest BCUT2D eigenvalue weighted by Gasteiger charge is 2.69. The number of Topliss-reactive ketones (excluding diaryl/α,β-unsaturated/α-hetero) is 1. The van der Waals surface area contributed by atoms with Crippen LogP contribution in [0.3, 0.4) is 0 Å². The third-order valence-electron chi connectivity index (χ3n) is 12.0. The summed E-state index contributed by atoms with van der Waals surface area (Å²) in [6.07, 6.45) is 11.0. The zero-order valence-corrected chi connectivity index (χ0v) is 23.2. The molecular formula is C31H42O5. The van der Waals surface area contributed by atoms with E-state index in [9.17, 15) is 19.5 Å². The van der Waals surface area contributed by atoms with Gasteiger partial charge >= 0.3 is 5.97 Å². The number of carbonyl (C=O) groups excluding carboxylic acids is 2. The molecule has 5 nitrogen and oxygen atoms in total. The van der Waals surface area contributed by atoms with Crippen LogP contribution in [0.15, 0.2) is 35.1 Å². The van der Waals surface area contributed by atoms with Crippen molar-refractivity contribution >= 4 is 17.5 Å². The summed E-state index contributed by atoms with van der Waals surface area (Å²) in [7, 11) is 1.55. The lowest BCUT2D eigenvalue weighted by molar-refractivity contribution is -0.166. The maximum atomic E-state index is 14.3. The van der Waals surface area contributed by atoms with Gasteiger partial charge in [-0.05, 0) is 90.9 Å². The zero-order valence-electron chi connectivity index (χ0n) is 23.2. The second-order valence-electron chi connectivity index (χ2n) is 14.2. The smallest absolute Gasteiger partial charge is 0.313 e. The number of fused-ring (bicyclic) bond motifs is 7. The molecule has 0 aromatic heterocycles. The predicted octanol–water partition coefficient (Wildman–Crippen LogP) is 6.29. The highest BCUT2D eigenvalue weighted by atomic mass is 16.5. The molecule has 1 N–H and O–H groups in total. The van der Waals surface area contributed by atoms with Gasteiger partial charge in [-0.3, -0.25) is 14.4 Å². The van der Waals surface area contributed by atoms with Crippen molar-refractivity contribution < 1.29 is 24.2 Å². The average molecular weight is 495 g/mol. The minimum absolute atomic E-state index is 0.0236. The molecule has 5 aliphatic rings. The highest BCUT2D eigenvalue weighted by molar-refractivity contribution is 6.01. The monoisotopic (exact) mass is 494 g/mol. The molecule has 0 spiro atoms. The first-order chi connectivity index (χ1) is 16.5. The Labute approximate surface area is 215 Å². The molecule has 0 unspecified atom stereocenters. The Morgan fingerprint density at radius 2 is 1.56 bits per heavy atom. The van der Waals surface area contributed by atoms with Gasteiger partial charge in [0, 0.05) is 16.7 Å². The van der Waals surface area contributed by atoms with Gasteiger partial charge in [0.05, 0.1) is 12.5 Å². The van der Waals surface area contributed by atoms with Gasteiger partial charge in [-0.25, -0.2) is 0 Å². The normalized spacial score (nSPS) is 47.3. The molecule has 0 aromatic rings. The number of hydrogen-bond acceptors (Lipinski definition) is 4. The van der Waals surface area contributed by atoms with Crippen molar-refractivity contribution in [3.63, 3.8) is 0 Å². The lowest BCUT2D eigenvalue weighted by Gasteiger charge is -2.67. The van der Waals surface area contributed by atoms with Crippen LogP contribution >= 0.6 is 0 Å². The highest BCUT2D eigenvalue weighted by Crippen LogP contribution is 2.73. The first-order valence-corrected chi connectivity index (χ1v) is 13.5. The number of carboxylic acids is 1. The number of allylic oxidation sites excluding steroid dienone is 5. The number of hydrogen-bond donors (Lipinski definition) is 1. The van der Waals surface area contributed by atoms with Crippen molar-refractivity contribution in [2.75, 3.05) is 7.11 Å². The molecular weight excluding hydrogens is 452 g/mol. The second-order valence-corrected chi connectivity index (χ2v) is 14.2. The van der Waals surface area contributed by atoms with Crippen molar-refractivity contribution in [2.45, 2.75) is 87.0 Å². The van der Waals surface area contributed by atoms with Gasteiger partial charge in [-0.1, -0.05) is 47.6 Å². The number of carbonyl (C=O) groups is 3. The Morgan fingerprint density at radius 1 is 0.917 bits per heavy atom. The molecule has 196 valence electrons. The van der Waals surface area contributed by atoms with E-state index in [1.807, 2.05) is 39.0 Å². The molecule has 0 saturated heterocycles. The fraction of sp³-hybridized carbons (Fsp3) is 0.710. The zero-order chi connectivity index (χ0) is 26.7. The van der Waals surface area contributed by atoms with Crippen LogP contribution in [-0.4, -0.2) is 29.8 Å². The van der Waals surface area contributed by atoms with E-state index < -0.39 is 22.2 Å². The largest absolute Gasteiger partial charge is 0.493 e. The maximum absolute atomic E-state index is 14.3. The molecule has 5 rings (SSSR count). The van der Waals surface area contributed by atoms with Crippen LogP contribution in [0.25, 0.3) is 0 Å². The van der Waals surface area contributed by atoms with E-state index in [2.05, 4.69) is 27.7 Å². The molecule has 36 heavy (non-hydrogen) atoms. The standard InChI is InChI=1S/C31H42O5/c1-26(2)22-9-10-31(7)23(29(22,5)17-21(36-8)24(26)33)20(32)15-18-19-16-28(4,25(34)35)12-11-27(19,3)13-14-30(18,31)6/h15-17,22-23H,9-14H2,1-8H3,(H,34,35)/t22-,23+,27+,28-,29-,30+,31+/m0/s1. The fourth-order valence-electron chi connectivity index (χ4n) is 9.38. The van der Waals surface area contributed by atoms with Crippen molar-refractivity contribution in [3.8, 4) is 0 Å². The summed E-state index contributed by atoms with van der Waals surface area (Å²) in [5, 5.41) is 10.0.